The molecule has 0 aliphatic rings. The Labute approximate surface area is 1850 Å². The number of hydrogen-bond donors (Lipinski definition) is 0. The molecule has 0 aromatic heterocycles. The monoisotopic (exact) mass is 3240 g/mol. The van der Waals surface area contributed by atoms with Crippen molar-refractivity contribution in [2.75, 3.05) is 0 Å². The molecule has 0 rings (SSSR count). The molecule has 0 heterocycles. The summed E-state index contributed by atoms with van der Waals surface area (Å²) in [5, 5.41) is 0. The minimum absolute atomic E-state index is 0. The average Bonchev–Trinajstić information content (AvgIpc) is 0. The molecule has 0 saturated carbocycles. The van der Waals surface area contributed by atoms with E-state index in [-0.39, 0.29) is 1900 Å². The molecule has 0 spiro atoms. The molecule has 0 aliphatic carbocycles. The molecule has 130 heavy (non-hydrogen) atoms. The van der Waals surface area contributed by atoms with Crippen molar-refractivity contribution in [1.29, 1.82) is 0 Å². The predicted molar refractivity (Wildman–Crippen MR) is 684 cm³/mol. The van der Waals surface area contributed by atoms with Gasteiger partial charge in [-0.15, -0.1) is 0 Å². The molecule has 240 valence electrons. The molecule has 0 aromatic rings. The van der Waals surface area contributed by atoms with E-state index in [2.05, 4.69) is 0 Å². The minimum Gasteiger partial charge on any atom is -0.412 e. The van der Waals surface area contributed by atoms with E-state index in [0.29, 0.717) is 0 Å². The SMILES string of the molecule is O.O.O.O.O.O.O.O.O.O.O.O.O.O.O.O.O.O.O.O.O.O.O.O.O.O.O.O.O.O.[Al+3].[Al+3].[Al+3].[Al+3].[Al+3].[Al+3].[Al+3].[Al+3].[Al+3].[Al+3].[Al+3].[Al+3].[Al+3].[Al+3].[Al+3].[Al+3].[Al+3].[Al+3].[Al+3].[Al+3].[Al+3].[Al+3].[Al+3].[Al+3].[Al+3].[Al+3].[Al+3].[Al+3].[Al+3].[Al+3].[Al+3].[Al+3].[Al+3].[Al+3].[Al+3].[Al+3].[Al+3].[Al+3].[Al+3].[Al+3].[Al+3].[Al+3].[Al+3].[Al+3].[Al+3].[Al+3].[Al+3].[Al+3].[Al+3].[Al+3].[Al+3].[Al+3].[Al+3].[Al+3].[Al+3].[Al+3].[Al+3].[Al+3].[Al+3].[Al+3].[Al+3].[Al+3].[Al+3].[Al+3].[Al+3].[Al+3].[Al+3].[Al+3].[Al+3].[Al+3].[Al+3].[Al+3].[Al+3].[Al+3].[Al+3].[Al+3].[Al+3].[Al+3].[Al+3].[Al+3].[Al+3].[Al+3].[Al+3].[Al+3].[Al+3].[Al+3].[Al+3].[Al+3].[Al+3].[Al+3].[Al+3].[Al+3].[Al+3].[Al+3].[Al+3].[Al+3].[Al+3].[Al+3].[Al+3].[Al+3]. The van der Waals surface area contributed by atoms with Crippen LogP contribution in [0.1, 0.15) is 0 Å². The maximum Gasteiger partial charge on any atom is 3.00 e. The summed E-state index contributed by atoms with van der Waals surface area (Å²) >= 11 is 0. The van der Waals surface area contributed by atoms with Crippen LogP contribution in [0.4, 0.5) is 0 Å². The predicted octanol–water partition coefficient (Wildman–Crippen LogP) is -62.8. The standard InChI is InChI=1S/100Al.30H2O/h;;;;;;;;;;;;;;;;;;;;;;;;;;;;;;;;;;;;;;;;;;;;;;;;;;;;;;;;;;;;;;;;;;;;;;;;;;;;;;;;;;;;;;;;;;;;;;;;;;;;30*1H2/q100*+3;;;;;;;;;;;;;;;;;;;;;;;;;;;;;;. The van der Waals surface area contributed by atoms with E-state index in [1.54, 1.807) is 0 Å². The third-order valence-electron chi connectivity index (χ3n) is 0. The van der Waals surface area contributed by atoms with Crippen molar-refractivity contribution >= 4 is 1740 Å². The first-order valence-corrected chi connectivity index (χ1v) is 0. The van der Waals surface area contributed by atoms with Crippen LogP contribution < -0.4 is 0 Å². The van der Waals surface area contributed by atoms with Crippen LogP contribution in [0.25, 0.3) is 0 Å². The first kappa shape index (κ1) is 2200. The Balaban J connectivity index is 0. The van der Waals surface area contributed by atoms with Crippen molar-refractivity contribution in [1.82, 2.24) is 0 Å². The average molecular weight is 3240 g/mol. The molecule has 60 N–H and O–H groups in total. The van der Waals surface area contributed by atoms with Crippen molar-refractivity contribution in [3.8, 4) is 0 Å². The molecule has 0 atom stereocenters. The fraction of sp³-hybridized carbons (Fsp3) is 0. The second kappa shape index (κ2) is 2170. The molecular formula is H60Al100O30+300. The molecule has 30 nitrogen and oxygen atoms in total. The summed E-state index contributed by atoms with van der Waals surface area (Å²) in [6.45, 7) is 0. The zero-order chi connectivity index (χ0) is 0. The van der Waals surface area contributed by atoms with E-state index < -0.39 is 0 Å². The van der Waals surface area contributed by atoms with Gasteiger partial charge in [0.15, 0.2) is 0 Å². The molecule has 0 aliphatic heterocycles. The second-order valence-corrected chi connectivity index (χ2v) is 0. The molecular weight excluding hydrogens is 3180 g/mol. The van der Waals surface area contributed by atoms with E-state index in [4.69, 9.17) is 0 Å². The van der Waals surface area contributed by atoms with Gasteiger partial charge < -0.3 is 164 Å². The smallest absolute Gasteiger partial charge is 0.412 e. The Morgan fingerprint density at radius 1 is 0.0154 bits per heavy atom. The van der Waals surface area contributed by atoms with Crippen LogP contribution in [-0.2, 0) is 0 Å². The molecule has 0 aromatic carbocycles. The third kappa shape index (κ3) is 2130. The summed E-state index contributed by atoms with van der Waals surface area (Å²) in [5.74, 6) is 0. The number of rotatable bonds is 0. The Hall–Kier alpha value is 52.0. The Kier molecular flexibility index (Phi) is 36700. The van der Waals surface area contributed by atoms with E-state index in [0.717, 1.165) is 0 Å². The zero-order valence-electron chi connectivity index (χ0n) is 72.7. The largest absolute Gasteiger partial charge is 3.00 e. The van der Waals surface area contributed by atoms with Crippen molar-refractivity contribution < 1.29 is 164 Å². The molecule has 130 heteroatoms. The molecule has 0 bridgehead atoms. The molecule has 0 fully saturated rings. The summed E-state index contributed by atoms with van der Waals surface area (Å²) in [6.07, 6.45) is 0. The van der Waals surface area contributed by atoms with Crippen molar-refractivity contribution in [2.45, 2.75) is 0 Å². The topological polar surface area (TPSA) is 945 Å². The van der Waals surface area contributed by atoms with Crippen LogP contribution in [0.3, 0.4) is 0 Å². The summed E-state index contributed by atoms with van der Waals surface area (Å²) in [6, 6.07) is 0. The van der Waals surface area contributed by atoms with Crippen LogP contribution >= 0.6 is 0 Å². The van der Waals surface area contributed by atoms with Crippen LogP contribution in [0.5, 0.6) is 0 Å². The van der Waals surface area contributed by atoms with Gasteiger partial charge in [-0.25, -0.2) is 0 Å². The molecule has 0 unspecified atom stereocenters. The molecule has 0 saturated heterocycles. The maximum atomic E-state index is 0. The summed E-state index contributed by atoms with van der Waals surface area (Å²) in [4.78, 5) is 0. The van der Waals surface area contributed by atoms with E-state index in [9.17, 15) is 0 Å². The summed E-state index contributed by atoms with van der Waals surface area (Å²) in [5.41, 5.74) is 0. The summed E-state index contributed by atoms with van der Waals surface area (Å²) in [7, 11) is 0. The summed E-state index contributed by atoms with van der Waals surface area (Å²) < 4.78 is 0. The van der Waals surface area contributed by atoms with Gasteiger partial charge in [0, 0.05) is 0 Å². The van der Waals surface area contributed by atoms with E-state index >= 15 is 0 Å². The fourth-order valence-corrected chi connectivity index (χ4v) is 0. The minimum atomic E-state index is 0. The van der Waals surface area contributed by atoms with Gasteiger partial charge in [-0.1, -0.05) is 0 Å². The third-order valence-corrected chi connectivity index (χ3v) is 0. The van der Waals surface area contributed by atoms with Gasteiger partial charge in [-0.2, -0.15) is 0 Å². The first-order valence-electron chi connectivity index (χ1n) is 0. The zero-order valence-corrected chi connectivity index (χ0v) is 188. The van der Waals surface area contributed by atoms with Crippen molar-refractivity contribution in [3.63, 3.8) is 0 Å². The van der Waals surface area contributed by atoms with Gasteiger partial charge in [0.2, 0.25) is 0 Å². The van der Waals surface area contributed by atoms with Crippen LogP contribution in [0.2, 0.25) is 0 Å². The quantitative estimate of drug-likeness (QED) is 0.204. The second-order valence-electron chi connectivity index (χ2n) is 0. The van der Waals surface area contributed by atoms with Gasteiger partial charge >= 0.3 is 1740 Å². The van der Waals surface area contributed by atoms with Gasteiger partial charge in [0.25, 0.3) is 0 Å². The van der Waals surface area contributed by atoms with Crippen LogP contribution in [0.15, 0.2) is 0 Å². The Morgan fingerprint density at radius 3 is 0.0154 bits per heavy atom. The molecule has 0 radical (unpaired) electrons. The van der Waals surface area contributed by atoms with Crippen LogP contribution in [0, 0.1) is 0 Å². The Morgan fingerprint density at radius 2 is 0.0154 bits per heavy atom. The van der Waals surface area contributed by atoms with Gasteiger partial charge in [0.1, 0.15) is 0 Å². The molecule has 0 amide bonds. The van der Waals surface area contributed by atoms with E-state index in [1.165, 1.54) is 0 Å². The maximum absolute atomic E-state index is 0. The van der Waals surface area contributed by atoms with Crippen LogP contribution in [-0.4, -0.2) is 1900 Å². The van der Waals surface area contributed by atoms with Crippen molar-refractivity contribution in [3.05, 3.63) is 0 Å². The normalized spacial score (nSPS) is 0. The van der Waals surface area contributed by atoms with Gasteiger partial charge in [-0.05, 0) is 0 Å². The van der Waals surface area contributed by atoms with Crippen molar-refractivity contribution in [2.24, 2.45) is 0 Å². The number of hydrogen-bond acceptors (Lipinski definition) is 0. The van der Waals surface area contributed by atoms with E-state index in [1.807, 2.05) is 0 Å². The fourth-order valence-electron chi connectivity index (χ4n) is 0. The van der Waals surface area contributed by atoms with Gasteiger partial charge in [0.05, 0.1) is 0 Å². The first-order chi connectivity index (χ1) is 0. The van der Waals surface area contributed by atoms with Gasteiger partial charge in [-0.3, -0.25) is 0 Å². The Bertz CT molecular complexity index is 101.